The Labute approximate surface area is 147 Å². The van der Waals surface area contributed by atoms with Crippen LogP contribution in [0.4, 0.5) is 0 Å². The minimum Gasteiger partial charge on any atom is -0.0776 e. The van der Waals surface area contributed by atoms with Crippen LogP contribution in [0.3, 0.4) is 0 Å². The zero-order valence-electron chi connectivity index (χ0n) is 15.6. The summed E-state index contributed by atoms with van der Waals surface area (Å²) in [4.78, 5) is 0. The summed E-state index contributed by atoms with van der Waals surface area (Å²) in [6, 6.07) is 21.1. The molecule has 0 saturated heterocycles. The van der Waals surface area contributed by atoms with Gasteiger partial charge in [-0.15, -0.1) is 0 Å². The Hall–Kier alpha value is -1.56. The summed E-state index contributed by atoms with van der Waals surface area (Å²) in [6.45, 7) is 12.4. The molecule has 0 aliphatic heterocycles. The van der Waals surface area contributed by atoms with E-state index in [9.17, 15) is 0 Å². The molecule has 132 valence electrons. The minimum atomic E-state index is 0. The van der Waals surface area contributed by atoms with Gasteiger partial charge in [0.15, 0.2) is 0 Å². The van der Waals surface area contributed by atoms with E-state index in [1.165, 1.54) is 30.4 Å². The highest BCUT2D eigenvalue weighted by atomic mass is 13.9. The van der Waals surface area contributed by atoms with Crippen LogP contribution in [0, 0.1) is 0 Å². The lowest BCUT2D eigenvalue weighted by Gasteiger charge is -1.96. The molecule has 0 amide bonds. The van der Waals surface area contributed by atoms with Crippen molar-refractivity contribution in [3.63, 3.8) is 0 Å². The molecule has 0 aromatic heterocycles. The van der Waals surface area contributed by atoms with Gasteiger partial charge in [-0.05, 0) is 30.4 Å². The van der Waals surface area contributed by atoms with E-state index in [0.717, 1.165) is 6.42 Å². The molecule has 0 spiro atoms. The summed E-state index contributed by atoms with van der Waals surface area (Å²) in [5, 5.41) is 0. The molecule has 0 atom stereocenters. The molecule has 0 heterocycles. The lowest BCUT2D eigenvalue weighted by Crippen LogP contribution is -1.81. The Kier molecular flexibility index (Phi) is 26.0. The first-order valence-corrected chi connectivity index (χ1v) is 8.94. The van der Waals surface area contributed by atoms with Gasteiger partial charge in [-0.1, -0.05) is 116 Å². The molecule has 0 bridgehead atoms. The van der Waals surface area contributed by atoms with Gasteiger partial charge in [-0.3, -0.25) is 0 Å². The van der Waals surface area contributed by atoms with Crippen molar-refractivity contribution in [2.45, 2.75) is 74.7 Å². The number of benzene rings is 2. The van der Waals surface area contributed by atoms with E-state index < -0.39 is 0 Å². The molecular weight excluding hydrogens is 276 g/mol. The fourth-order valence-electron chi connectivity index (χ4n) is 1.74. The molecule has 2 rings (SSSR count). The van der Waals surface area contributed by atoms with Crippen molar-refractivity contribution < 1.29 is 0 Å². The zero-order chi connectivity index (χ0) is 17.1. The van der Waals surface area contributed by atoms with Gasteiger partial charge in [-0.2, -0.15) is 0 Å². The van der Waals surface area contributed by atoms with Crippen molar-refractivity contribution in [1.82, 2.24) is 0 Å². The summed E-state index contributed by atoms with van der Waals surface area (Å²) in [7, 11) is 0. The van der Waals surface area contributed by atoms with E-state index in [-0.39, 0.29) is 7.43 Å². The predicted molar refractivity (Wildman–Crippen MR) is 110 cm³/mol. The molecule has 2 aromatic carbocycles. The van der Waals surface area contributed by atoms with Crippen LogP contribution < -0.4 is 0 Å². The molecule has 2 aromatic rings. The third-order valence-corrected chi connectivity index (χ3v) is 2.91. The summed E-state index contributed by atoms with van der Waals surface area (Å²) in [5.41, 5.74) is 2.87. The highest BCUT2D eigenvalue weighted by Gasteiger charge is 1.87. The molecule has 0 aliphatic carbocycles. The second-order valence-electron chi connectivity index (χ2n) is 4.43. The van der Waals surface area contributed by atoms with Gasteiger partial charge >= 0.3 is 0 Å². The third-order valence-electron chi connectivity index (χ3n) is 2.91. The van der Waals surface area contributed by atoms with E-state index in [1.54, 1.807) is 0 Å². The Morgan fingerprint density at radius 3 is 1.30 bits per heavy atom. The molecular formula is C23H40. The summed E-state index contributed by atoms with van der Waals surface area (Å²) < 4.78 is 0. The van der Waals surface area contributed by atoms with Gasteiger partial charge in [0.2, 0.25) is 0 Å². The molecule has 23 heavy (non-hydrogen) atoms. The monoisotopic (exact) mass is 316 g/mol. The van der Waals surface area contributed by atoms with Crippen LogP contribution in [0.2, 0.25) is 0 Å². The normalized spacial score (nSPS) is 7.91. The van der Waals surface area contributed by atoms with Gasteiger partial charge in [-0.25, -0.2) is 0 Å². The minimum absolute atomic E-state index is 0. The smallest absolute Gasteiger partial charge is 0.0279 e. The first kappa shape index (κ1) is 26.3. The predicted octanol–water partition coefficient (Wildman–Crippen LogP) is 7.97. The third kappa shape index (κ3) is 16.6. The van der Waals surface area contributed by atoms with Crippen LogP contribution in [-0.2, 0) is 12.8 Å². The van der Waals surface area contributed by atoms with Crippen LogP contribution in [0.5, 0.6) is 0 Å². The molecule has 0 radical (unpaired) electrons. The van der Waals surface area contributed by atoms with Crippen LogP contribution in [0.25, 0.3) is 0 Å². The largest absolute Gasteiger partial charge is 0.0776 e. The summed E-state index contributed by atoms with van der Waals surface area (Å²) >= 11 is 0. The molecule has 0 N–H and O–H groups in total. The van der Waals surface area contributed by atoms with E-state index in [4.69, 9.17) is 0 Å². The highest BCUT2D eigenvalue weighted by Crippen LogP contribution is 2.03. The Balaban J connectivity index is -0.000000280. The van der Waals surface area contributed by atoms with Gasteiger partial charge in [0.25, 0.3) is 0 Å². The maximum absolute atomic E-state index is 2.23. The van der Waals surface area contributed by atoms with Gasteiger partial charge in [0.1, 0.15) is 0 Å². The highest BCUT2D eigenvalue weighted by molar-refractivity contribution is 5.14. The fourth-order valence-corrected chi connectivity index (χ4v) is 1.74. The van der Waals surface area contributed by atoms with Crippen molar-refractivity contribution in [3.05, 3.63) is 71.8 Å². The maximum Gasteiger partial charge on any atom is -0.0279 e. The van der Waals surface area contributed by atoms with Crippen molar-refractivity contribution in [3.8, 4) is 0 Å². The van der Waals surface area contributed by atoms with E-state index >= 15 is 0 Å². The average molecular weight is 317 g/mol. The number of unbranched alkanes of at least 4 members (excludes halogenated alkanes) is 1. The van der Waals surface area contributed by atoms with Crippen LogP contribution in [0.15, 0.2) is 60.7 Å². The Morgan fingerprint density at radius 1 is 0.609 bits per heavy atom. The van der Waals surface area contributed by atoms with E-state index in [0.29, 0.717) is 0 Å². The van der Waals surface area contributed by atoms with Gasteiger partial charge in [0, 0.05) is 0 Å². The lowest BCUT2D eigenvalue weighted by molar-refractivity contribution is 0.795. The van der Waals surface area contributed by atoms with Crippen molar-refractivity contribution >= 4 is 0 Å². The van der Waals surface area contributed by atoms with Crippen LogP contribution in [0.1, 0.15) is 72.9 Å². The SMILES string of the molecule is C.CC.CC.CCCCc1ccccc1.CCc1ccccc1. The summed E-state index contributed by atoms with van der Waals surface area (Å²) in [5.74, 6) is 0. The lowest BCUT2D eigenvalue weighted by atomic mass is 10.1. The first-order valence-electron chi connectivity index (χ1n) is 8.94. The molecule has 0 unspecified atom stereocenters. The number of hydrogen-bond acceptors (Lipinski definition) is 0. The molecule has 0 saturated carbocycles. The first-order chi connectivity index (χ1) is 10.9. The van der Waals surface area contributed by atoms with E-state index in [2.05, 4.69) is 68.4 Å². The van der Waals surface area contributed by atoms with Gasteiger partial charge in [0.05, 0.1) is 0 Å². The standard InChI is InChI=1S/C10H14.C8H10.2C2H6.CH4/c1-2-3-7-10-8-5-4-6-9-10;1-2-8-6-4-3-5-7-8;2*1-2;/h4-6,8-9H,2-3,7H2,1H3;3-7H,2H2,1H3;2*1-2H3;1H4. The van der Waals surface area contributed by atoms with Gasteiger partial charge < -0.3 is 0 Å². The molecule has 0 aliphatic rings. The number of rotatable bonds is 4. The van der Waals surface area contributed by atoms with Crippen LogP contribution >= 0.6 is 0 Å². The Bertz CT molecular complexity index is 389. The van der Waals surface area contributed by atoms with Crippen molar-refractivity contribution in [2.24, 2.45) is 0 Å². The number of aryl methyl sites for hydroxylation is 2. The topological polar surface area (TPSA) is 0 Å². The van der Waals surface area contributed by atoms with Crippen molar-refractivity contribution in [1.29, 1.82) is 0 Å². The fraction of sp³-hybridized carbons (Fsp3) is 0.478. The second kappa shape index (κ2) is 22.7. The van der Waals surface area contributed by atoms with E-state index in [1.807, 2.05) is 33.8 Å². The van der Waals surface area contributed by atoms with Crippen LogP contribution in [-0.4, -0.2) is 0 Å². The quantitative estimate of drug-likeness (QED) is 0.536. The Morgan fingerprint density at radius 2 is 1.00 bits per heavy atom. The molecule has 0 nitrogen and oxygen atoms in total. The summed E-state index contributed by atoms with van der Waals surface area (Å²) in [6.07, 6.45) is 4.97. The molecule has 0 fully saturated rings. The second-order valence-corrected chi connectivity index (χ2v) is 4.43. The number of hydrogen-bond donors (Lipinski definition) is 0. The average Bonchev–Trinajstić information content (AvgIpc) is 2.65. The maximum atomic E-state index is 2.23. The zero-order valence-corrected chi connectivity index (χ0v) is 15.6. The van der Waals surface area contributed by atoms with Crippen molar-refractivity contribution in [2.75, 3.05) is 0 Å². The molecule has 0 heteroatoms.